The van der Waals surface area contributed by atoms with Crippen molar-refractivity contribution in [2.75, 3.05) is 12.8 Å². The van der Waals surface area contributed by atoms with E-state index in [4.69, 9.17) is 30.7 Å². The maximum absolute atomic E-state index is 14.4. The Morgan fingerprint density at radius 1 is 1.11 bits per heavy atom. The number of hydrogen-bond acceptors (Lipinski definition) is 10. The Hall–Kier alpha value is -3.64. The number of aliphatic hydroxyl groups is 2. The van der Waals surface area contributed by atoms with Crippen LogP contribution >= 0.6 is 19.8 Å². The number of rotatable bonds is 11. The van der Waals surface area contributed by atoms with Crippen molar-refractivity contribution in [2.24, 2.45) is 5.92 Å². The fraction of sp³-hybridized carbons (Fsp3) is 0.323. The fourth-order valence-corrected chi connectivity index (χ4v) is 7.14. The quantitative estimate of drug-likeness (QED) is 0.119. The molecule has 3 aromatic carbocycles. The van der Waals surface area contributed by atoms with Crippen molar-refractivity contribution >= 4 is 36.6 Å². The lowest BCUT2D eigenvalue weighted by Crippen LogP contribution is -2.44. The molecule has 1 aromatic heterocycles. The van der Waals surface area contributed by atoms with E-state index in [9.17, 15) is 24.4 Å². The van der Waals surface area contributed by atoms with Crippen LogP contribution in [0.25, 0.3) is 10.8 Å². The minimum atomic E-state index is -4.13. The van der Waals surface area contributed by atoms with E-state index >= 15 is 0 Å². The molecule has 232 valence electrons. The second-order valence-corrected chi connectivity index (χ2v) is 13.3. The van der Waals surface area contributed by atoms with E-state index in [0.29, 0.717) is 5.39 Å². The van der Waals surface area contributed by atoms with Crippen LogP contribution in [0.1, 0.15) is 25.6 Å². The van der Waals surface area contributed by atoms with Gasteiger partial charge in [-0.15, -0.1) is 0 Å². The summed E-state index contributed by atoms with van der Waals surface area (Å²) in [7, 11) is -4.13. The van der Waals surface area contributed by atoms with Crippen LogP contribution in [0.3, 0.4) is 0 Å². The number of esters is 1. The molecule has 6 atom stereocenters. The average Bonchev–Trinajstić information content (AvgIpc) is 3.23. The molecule has 0 amide bonds. The zero-order valence-corrected chi connectivity index (χ0v) is 25.8. The number of H-pyrrole nitrogens is 1. The highest BCUT2D eigenvalue weighted by Crippen LogP contribution is 2.52. The van der Waals surface area contributed by atoms with Gasteiger partial charge in [-0.25, -0.2) is 4.57 Å². The summed E-state index contributed by atoms with van der Waals surface area (Å²) in [5, 5.41) is 23.7. The van der Waals surface area contributed by atoms with Crippen LogP contribution in [0.4, 0.5) is 0 Å². The molecule has 2 heterocycles. The molecule has 1 aliphatic heterocycles. The van der Waals surface area contributed by atoms with Crippen molar-refractivity contribution in [1.29, 1.82) is 0 Å². The summed E-state index contributed by atoms with van der Waals surface area (Å²) in [6.45, 7) is 2.51. The van der Waals surface area contributed by atoms with Gasteiger partial charge in [-0.3, -0.25) is 23.7 Å². The van der Waals surface area contributed by atoms with E-state index in [1.54, 1.807) is 19.1 Å². The van der Waals surface area contributed by atoms with Crippen LogP contribution in [0.2, 0.25) is 0 Å². The topological polar surface area (TPSA) is 149 Å². The molecule has 1 aliphatic rings. The van der Waals surface area contributed by atoms with Gasteiger partial charge in [0.25, 0.3) is 5.56 Å². The van der Waals surface area contributed by atoms with E-state index < -0.39 is 55.7 Å². The molecule has 13 heteroatoms. The van der Waals surface area contributed by atoms with Crippen LogP contribution in [-0.2, 0) is 30.0 Å². The number of aromatic nitrogens is 2. The number of aliphatic hydroxyl groups excluding tert-OH is 1. The van der Waals surface area contributed by atoms with Crippen molar-refractivity contribution in [3.8, 4) is 5.75 Å². The van der Waals surface area contributed by atoms with Gasteiger partial charge < -0.3 is 24.2 Å². The van der Waals surface area contributed by atoms with Crippen molar-refractivity contribution in [2.45, 2.75) is 44.5 Å². The van der Waals surface area contributed by atoms with Gasteiger partial charge in [0, 0.05) is 17.6 Å². The Morgan fingerprint density at radius 3 is 2.57 bits per heavy atom. The molecular formula is C31H33N2O9PS. The third-order valence-corrected chi connectivity index (χ3v) is 9.73. The molecule has 1 unspecified atom stereocenters. The van der Waals surface area contributed by atoms with Gasteiger partial charge in [-0.2, -0.15) is 0 Å². The van der Waals surface area contributed by atoms with Crippen molar-refractivity contribution in [3.63, 3.8) is 0 Å². The Bertz CT molecular complexity index is 1790. The van der Waals surface area contributed by atoms with Gasteiger partial charge in [0.05, 0.1) is 18.7 Å². The molecule has 11 nitrogen and oxygen atoms in total. The zero-order chi connectivity index (χ0) is 31.5. The fourth-order valence-electron chi connectivity index (χ4n) is 5.00. The predicted octanol–water partition coefficient (Wildman–Crippen LogP) is 4.74. The number of nitrogens with one attached hydrogen (secondary N) is 1. The molecule has 0 spiro atoms. The Balaban J connectivity index is 1.36. The van der Waals surface area contributed by atoms with Gasteiger partial charge >= 0.3 is 13.6 Å². The summed E-state index contributed by atoms with van der Waals surface area (Å²) in [5.74, 6) is -1.19. The van der Waals surface area contributed by atoms with Crippen LogP contribution in [0.5, 0.6) is 5.75 Å². The Morgan fingerprint density at radius 2 is 1.82 bits per heavy atom. The highest BCUT2D eigenvalue weighted by Gasteiger charge is 2.53. The highest BCUT2D eigenvalue weighted by atomic mass is 32.1. The number of hydrogen-bond donors (Lipinski definition) is 3. The standard InChI is InChI=1S/C31H33N2O9PS/c1-20(28(36)39-17-21-9-4-3-5-10-21)19-43(38,42-24-14-8-12-22-11-6-7-13-23(22)24)40-18-25-27(35)31(2,37)29(41-25)33-16-15-26(34)32-30(33)44/h3-16,20,25,27,29,35,37H,17-19H2,1-2H3,(H,32,34,44)/t20-,25-,27+,29-,31?,43-/m1/s1. The first-order valence-electron chi connectivity index (χ1n) is 14.0. The summed E-state index contributed by atoms with van der Waals surface area (Å²) >= 11 is 5.21. The van der Waals surface area contributed by atoms with Gasteiger partial charge in [0.1, 0.15) is 30.2 Å². The first-order chi connectivity index (χ1) is 21.0. The largest absolute Gasteiger partial charge is 0.461 e. The second-order valence-electron chi connectivity index (χ2n) is 10.9. The van der Waals surface area contributed by atoms with E-state index in [2.05, 4.69) is 4.98 Å². The van der Waals surface area contributed by atoms with Crippen molar-refractivity contribution in [3.05, 3.63) is 106 Å². The molecule has 3 N–H and O–H groups in total. The first kappa shape index (κ1) is 31.8. The lowest BCUT2D eigenvalue weighted by molar-refractivity contribution is -0.148. The van der Waals surface area contributed by atoms with Gasteiger partial charge in [0.15, 0.2) is 11.0 Å². The van der Waals surface area contributed by atoms with Gasteiger partial charge in [-0.1, -0.05) is 73.7 Å². The highest BCUT2D eigenvalue weighted by molar-refractivity contribution is 7.71. The molecule has 0 bridgehead atoms. The minimum absolute atomic E-state index is 0.0238. The average molecular weight is 641 g/mol. The van der Waals surface area contributed by atoms with Crippen molar-refractivity contribution < 1.29 is 38.1 Å². The molecule has 1 saturated heterocycles. The monoisotopic (exact) mass is 640 g/mol. The number of ether oxygens (including phenoxy) is 2. The Kier molecular flexibility index (Phi) is 9.50. The van der Waals surface area contributed by atoms with Crippen LogP contribution in [-0.4, -0.2) is 56.3 Å². The molecule has 1 fully saturated rings. The van der Waals surface area contributed by atoms with Crippen LogP contribution in [0, 0.1) is 10.7 Å². The van der Waals surface area contributed by atoms with Crippen molar-refractivity contribution in [1.82, 2.24) is 9.55 Å². The minimum Gasteiger partial charge on any atom is -0.461 e. The molecule has 5 rings (SSSR count). The van der Waals surface area contributed by atoms with E-state index in [-0.39, 0.29) is 23.3 Å². The number of benzene rings is 3. The molecule has 0 saturated carbocycles. The zero-order valence-electron chi connectivity index (χ0n) is 24.1. The van der Waals surface area contributed by atoms with Gasteiger partial charge in [0.2, 0.25) is 0 Å². The number of aromatic amines is 1. The van der Waals surface area contributed by atoms with Crippen LogP contribution in [0.15, 0.2) is 89.9 Å². The van der Waals surface area contributed by atoms with E-state index in [1.807, 2.05) is 60.7 Å². The lowest BCUT2D eigenvalue weighted by atomic mass is 9.96. The maximum Gasteiger partial charge on any atom is 0.380 e. The van der Waals surface area contributed by atoms with Crippen LogP contribution < -0.4 is 10.1 Å². The third kappa shape index (κ3) is 7.02. The summed E-state index contributed by atoms with van der Waals surface area (Å²) in [6.07, 6.45) is -2.86. The number of fused-ring (bicyclic) bond motifs is 1. The van der Waals surface area contributed by atoms with E-state index in [1.165, 1.54) is 23.8 Å². The molecule has 0 radical (unpaired) electrons. The molecular weight excluding hydrogens is 607 g/mol. The normalized spacial score (nSPS) is 23.6. The summed E-state index contributed by atoms with van der Waals surface area (Å²) in [5.41, 5.74) is -1.50. The molecule has 0 aliphatic carbocycles. The predicted molar refractivity (Wildman–Crippen MR) is 165 cm³/mol. The smallest absolute Gasteiger partial charge is 0.380 e. The number of nitrogens with zero attached hydrogens (tertiary/aromatic N) is 1. The molecule has 44 heavy (non-hydrogen) atoms. The maximum atomic E-state index is 14.4. The summed E-state index contributed by atoms with van der Waals surface area (Å²) < 4.78 is 39.0. The molecule has 4 aromatic rings. The number of carbonyl (C=O) groups is 1. The second kappa shape index (κ2) is 13.2. The SMILES string of the molecule is C[C@H](C[P@@](=O)(OC[C@H]1O[C@@H](n2ccc(=O)[nH]c2=S)C(C)(O)[C@H]1O)Oc1cccc2ccccc12)C(=O)OCc1ccccc1. The first-order valence-corrected chi connectivity index (χ1v) is 16.1. The number of carbonyl (C=O) groups excluding carboxylic acids is 1. The lowest BCUT2D eigenvalue weighted by Gasteiger charge is -2.28. The van der Waals surface area contributed by atoms with Gasteiger partial charge in [-0.05, 0) is 36.2 Å². The summed E-state index contributed by atoms with van der Waals surface area (Å²) in [6, 6.07) is 23.0. The Labute approximate surface area is 258 Å². The summed E-state index contributed by atoms with van der Waals surface area (Å²) in [4.78, 5) is 27.0. The third-order valence-electron chi connectivity index (χ3n) is 7.40. The van der Waals surface area contributed by atoms with E-state index in [0.717, 1.165) is 10.9 Å².